The SMILES string of the molecule is CCCn1c(Sc2cccc(F)c2[N+](=O)[O-])n[nH]c1=O. The number of nitro groups is 1. The Morgan fingerprint density at radius 2 is 2.30 bits per heavy atom. The summed E-state index contributed by atoms with van der Waals surface area (Å²) in [5, 5.41) is 17.3. The van der Waals surface area contributed by atoms with E-state index in [1.807, 2.05) is 6.92 Å². The van der Waals surface area contributed by atoms with Crippen LogP contribution >= 0.6 is 11.8 Å². The number of H-pyrrole nitrogens is 1. The summed E-state index contributed by atoms with van der Waals surface area (Å²) in [5.41, 5.74) is -1.01. The Labute approximate surface area is 117 Å². The first-order chi connectivity index (χ1) is 9.54. The van der Waals surface area contributed by atoms with E-state index in [2.05, 4.69) is 10.2 Å². The number of aromatic amines is 1. The zero-order valence-electron chi connectivity index (χ0n) is 10.5. The largest absolute Gasteiger partial charge is 0.343 e. The molecule has 0 saturated carbocycles. The predicted octanol–water partition coefficient (Wildman–Crippen LogP) is 2.18. The van der Waals surface area contributed by atoms with Crippen LogP contribution in [0.25, 0.3) is 0 Å². The number of nitrogens with zero attached hydrogens (tertiary/aromatic N) is 3. The van der Waals surface area contributed by atoms with Crippen molar-refractivity contribution in [3.63, 3.8) is 0 Å². The summed E-state index contributed by atoms with van der Waals surface area (Å²) in [5.74, 6) is -0.917. The van der Waals surface area contributed by atoms with Crippen molar-refractivity contribution in [2.75, 3.05) is 0 Å². The second-order valence-corrected chi connectivity index (χ2v) is 4.92. The predicted molar refractivity (Wildman–Crippen MR) is 70.3 cm³/mol. The summed E-state index contributed by atoms with van der Waals surface area (Å²) in [7, 11) is 0. The molecule has 0 aliphatic carbocycles. The number of aromatic nitrogens is 3. The van der Waals surface area contributed by atoms with E-state index in [1.165, 1.54) is 16.7 Å². The topological polar surface area (TPSA) is 93.8 Å². The van der Waals surface area contributed by atoms with E-state index >= 15 is 0 Å². The van der Waals surface area contributed by atoms with Crippen LogP contribution in [-0.4, -0.2) is 19.7 Å². The zero-order chi connectivity index (χ0) is 14.7. The summed E-state index contributed by atoms with van der Waals surface area (Å²) in [6.07, 6.45) is 0.707. The van der Waals surface area contributed by atoms with Crippen molar-refractivity contribution in [2.24, 2.45) is 0 Å². The molecule has 0 aliphatic heterocycles. The third-order valence-corrected chi connectivity index (χ3v) is 3.55. The normalized spacial score (nSPS) is 10.7. The summed E-state index contributed by atoms with van der Waals surface area (Å²) in [4.78, 5) is 21.8. The molecule has 20 heavy (non-hydrogen) atoms. The Bertz CT molecular complexity index is 697. The van der Waals surface area contributed by atoms with Crippen LogP contribution in [0.3, 0.4) is 0 Å². The van der Waals surface area contributed by atoms with E-state index in [9.17, 15) is 19.3 Å². The van der Waals surface area contributed by atoms with Crippen molar-refractivity contribution in [3.05, 3.63) is 44.6 Å². The number of hydrogen-bond donors (Lipinski definition) is 1. The quantitative estimate of drug-likeness (QED) is 0.674. The molecule has 1 aromatic heterocycles. The molecular formula is C11H11FN4O3S. The highest BCUT2D eigenvalue weighted by atomic mass is 32.2. The molecule has 0 amide bonds. The van der Waals surface area contributed by atoms with E-state index in [-0.39, 0.29) is 10.1 Å². The van der Waals surface area contributed by atoms with Gasteiger partial charge < -0.3 is 0 Å². The summed E-state index contributed by atoms with van der Waals surface area (Å²) in [6.45, 7) is 2.32. The van der Waals surface area contributed by atoms with Crippen LogP contribution < -0.4 is 5.69 Å². The van der Waals surface area contributed by atoms with Gasteiger partial charge in [-0.2, -0.15) is 4.39 Å². The smallest absolute Gasteiger partial charge is 0.270 e. The minimum Gasteiger partial charge on any atom is -0.270 e. The van der Waals surface area contributed by atoms with E-state index in [1.54, 1.807) is 0 Å². The van der Waals surface area contributed by atoms with Gasteiger partial charge in [0, 0.05) is 6.54 Å². The van der Waals surface area contributed by atoms with Crippen LogP contribution in [0.15, 0.2) is 33.0 Å². The molecule has 0 unspecified atom stereocenters. The Hall–Kier alpha value is -2.16. The lowest BCUT2D eigenvalue weighted by Gasteiger charge is -2.04. The Morgan fingerprint density at radius 1 is 1.55 bits per heavy atom. The second kappa shape index (κ2) is 5.87. The molecule has 1 N–H and O–H groups in total. The van der Waals surface area contributed by atoms with Crippen LogP contribution in [0.1, 0.15) is 13.3 Å². The van der Waals surface area contributed by atoms with Crippen LogP contribution in [0.4, 0.5) is 10.1 Å². The van der Waals surface area contributed by atoms with Gasteiger partial charge in [-0.1, -0.05) is 13.0 Å². The Balaban J connectivity index is 2.43. The Kier molecular flexibility index (Phi) is 4.18. The van der Waals surface area contributed by atoms with Gasteiger partial charge in [-0.3, -0.25) is 14.7 Å². The zero-order valence-corrected chi connectivity index (χ0v) is 11.3. The van der Waals surface area contributed by atoms with Crippen LogP contribution in [-0.2, 0) is 6.54 Å². The molecule has 0 fully saturated rings. The van der Waals surface area contributed by atoms with Crippen molar-refractivity contribution in [1.29, 1.82) is 0 Å². The number of nitrogens with one attached hydrogen (secondary N) is 1. The fourth-order valence-electron chi connectivity index (χ4n) is 1.66. The molecule has 0 saturated heterocycles. The van der Waals surface area contributed by atoms with Crippen molar-refractivity contribution in [3.8, 4) is 0 Å². The summed E-state index contributed by atoms with van der Waals surface area (Å²) < 4.78 is 14.9. The average Bonchev–Trinajstić information content (AvgIpc) is 2.72. The number of benzene rings is 1. The number of nitro benzene ring substituents is 1. The van der Waals surface area contributed by atoms with E-state index in [4.69, 9.17) is 0 Å². The Morgan fingerprint density at radius 3 is 2.95 bits per heavy atom. The van der Waals surface area contributed by atoms with Crippen LogP contribution in [0, 0.1) is 15.9 Å². The number of rotatable bonds is 5. The molecule has 0 atom stereocenters. The van der Waals surface area contributed by atoms with Gasteiger partial charge in [0.25, 0.3) is 0 Å². The van der Waals surface area contributed by atoms with Crippen molar-refractivity contribution in [1.82, 2.24) is 14.8 Å². The molecule has 0 radical (unpaired) electrons. The lowest BCUT2D eigenvalue weighted by atomic mass is 10.3. The van der Waals surface area contributed by atoms with Gasteiger partial charge in [-0.15, -0.1) is 5.10 Å². The van der Waals surface area contributed by atoms with Gasteiger partial charge in [0.15, 0.2) is 5.16 Å². The maximum atomic E-state index is 13.5. The van der Waals surface area contributed by atoms with E-state index in [0.29, 0.717) is 13.0 Å². The molecule has 9 heteroatoms. The highest BCUT2D eigenvalue weighted by Gasteiger charge is 2.22. The first-order valence-corrected chi connectivity index (χ1v) is 6.62. The molecule has 1 heterocycles. The molecular weight excluding hydrogens is 287 g/mol. The van der Waals surface area contributed by atoms with E-state index < -0.39 is 22.1 Å². The minimum atomic E-state index is -0.917. The molecule has 106 valence electrons. The monoisotopic (exact) mass is 298 g/mol. The standard InChI is InChI=1S/C11H11FN4O3S/c1-2-6-15-10(17)13-14-11(15)20-8-5-3-4-7(12)9(8)16(18)19/h3-5H,2,6H2,1H3,(H,13,17). The third-order valence-electron chi connectivity index (χ3n) is 2.50. The first kappa shape index (κ1) is 14.3. The fraction of sp³-hybridized carbons (Fsp3) is 0.273. The molecule has 2 rings (SSSR count). The maximum absolute atomic E-state index is 13.5. The lowest BCUT2D eigenvalue weighted by molar-refractivity contribution is -0.390. The van der Waals surface area contributed by atoms with Crippen LogP contribution in [0.2, 0.25) is 0 Å². The fourth-order valence-corrected chi connectivity index (χ4v) is 2.64. The summed E-state index contributed by atoms with van der Waals surface area (Å²) >= 11 is 0.883. The van der Waals surface area contributed by atoms with Crippen molar-refractivity contribution in [2.45, 2.75) is 29.9 Å². The molecule has 2 aromatic rings. The average molecular weight is 298 g/mol. The van der Waals surface area contributed by atoms with Gasteiger partial charge in [0.2, 0.25) is 5.82 Å². The third kappa shape index (κ3) is 2.72. The summed E-state index contributed by atoms with van der Waals surface area (Å²) in [6, 6.07) is 3.81. The van der Waals surface area contributed by atoms with Gasteiger partial charge >= 0.3 is 11.4 Å². The lowest BCUT2D eigenvalue weighted by Crippen LogP contribution is -2.17. The highest BCUT2D eigenvalue weighted by molar-refractivity contribution is 7.99. The highest BCUT2D eigenvalue weighted by Crippen LogP contribution is 2.34. The number of hydrogen-bond acceptors (Lipinski definition) is 5. The second-order valence-electron chi connectivity index (χ2n) is 3.91. The van der Waals surface area contributed by atoms with E-state index in [0.717, 1.165) is 17.8 Å². The van der Waals surface area contributed by atoms with Crippen LogP contribution in [0.5, 0.6) is 0 Å². The van der Waals surface area contributed by atoms with Gasteiger partial charge in [0.1, 0.15) is 0 Å². The molecule has 1 aromatic carbocycles. The van der Waals surface area contributed by atoms with Gasteiger partial charge in [-0.25, -0.2) is 9.89 Å². The minimum absolute atomic E-state index is 0.103. The maximum Gasteiger partial charge on any atom is 0.343 e. The molecule has 0 bridgehead atoms. The first-order valence-electron chi connectivity index (χ1n) is 5.80. The molecule has 7 nitrogen and oxygen atoms in total. The molecule has 0 spiro atoms. The number of para-hydroxylation sites is 1. The van der Waals surface area contributed by atoms with Crippen molar-refractivity contribution < 1.29 is 9.31 Å². The van der Waals surface area contributed by atoms with Gasteiger partial charge in [0.05, 0.1) is 9.82 Å². The van der Waals surface area contributed by atoms with Crippen molar-refractivity contribution >= 4 is 17.4 Å². The van der Waals surface area contributed by atoms with Gasteiger partial charge in [-0.05, 0) is 30.3 Å². The molecule has 0 aliphatic rings. The number of halogens is 1.